The van der Waals surface area contributed by atoms with Crippen molar-refractivity contribution in [3.63, 3.8) is 0 Å². The van der Waals surface area contributed by atoms with Crippen LogP contribution in [0.2, 0.25) is 0 Å². The van der Waals surface area contributed by atoms with Crippen molar-refractivity contribution in [1.82, 2.24) is 0 Å². The fourth-order valence-electron chi connectivity index (χ4n) is 3.83. The highest BCUT2D eigenvalue weighted by Gasteiger charge is 2.59. The van der Waals surface area contributed by atoms with E-state index in [1.165, 1.54) is 0 Å². The summed E-state index contributed by atoms with van der Waals surface area (Å²) in [6.45, 7) is 4.87. The van der Waals surface area contributed by atoms with E-state index in [-0.39, 0.29) is 6.42 Å². The van der Waals surface area contributed by atoms with E-state index in [2.05, 4.69) is 0 Å². The molecule has 3 unspecified atom stereocenters. The van der Waals surface area contributed by atoms with Gasteiger partial charge in [0.05, 0.1) is 12.5 Å². The lowest BCUT2D eigenvalue weighted by molar-refractivity contribution is -0.275. The first kappa shape index (κ1) is 26.8. The van der Waals surface area contributed by atoms with Crippen molar-refractivity contribution in [2.75, 3.05) is 6.61 Å². The zero-order chi connectivity index (χ0) is 22.9. The van der Waals surface area contributed by atoms with Crippen LogP contribution in [0, 0.1) is 5.92 Å². The molecule has 9 heteroatoms. The number of carbonyl (C=O) groups is 2. The number of carboxylic acids is 1. The summed E-state index contributed by atoms with van der Waals surface area (Å²) in [7, 11) is 0. The van der Waals surface area contributed by atoms with Gasteiger partial charge in [-0.1, -0.05) is 52.9 Å². The third kappa shape index (κ3) is 6.37. The number of carboxylic acid groups (broad SMARTS) is 1. The molecule has 0 saturated carbocycles. The molecule has 1 fully saturated rings. The number of unbranched alkanes of at least 4 members (excludes halogenated alkanes) is 4. The number of aliphatic carboxylic acids is 1. The molecule has 0 radical (unpaired) electrons. The van der Waals surface area contributed by atoms with E-state index < -0.39 is 60.6 Å². The third-order valence-corrected chi connectivity index (χ3v) is 5.77. The molecule has 9 nitrogen and oxygen atoms in total. The Bertz CT molecular complexity index is 539. The Labute approximate surface area is 178 Å². The van der Waals surface area contributed by atoms with Gasteiger partial charge in [0.15, 0.2) is 0 Å². The molecule has 5 N–H and O–H groups in total. The predicted molar refractivity (Wildman–Crippen MR) is 108 cm³/mol. The Morgan fingerprint density at radius 3 is 2.17 bits per heavy atom. The van der Waals surface area contributed by atoms with Crippen molar-refractivity contribution in [2.24, 2.45) is 5.92 Å². The lowest BCUT2D eigenvalue weighted by atomic mass is 9.81. The zero-order valence-corrected chi connectivity index (χ0v) is 18.2. The summed E-state index contributed by atoms with van der Waals surface area (Å²) in [5.74, 6) is -2.79. The van der Waals surface area contributed by atoms with Gasteiger partial charge in [0, 0.05) is 6.42 Å². The highest BCUT2D eigenvalue weighted by Crippen LogP contribution is 2.36. The largest absolute Gasteiger partial charge is 0.478 e. The second-order valence-electron chi connectivity index (χ2n) is 8.22. The quantitative estimate of drug-likeness (QED) is 0.211. The molecule has 0 spiro atoms. The van der Waals surface area contributed by atoms with Crippen molar-refractivity contribution in [3.8, 4) is 0 Å². The van der Waals surface area contributed by atoms with Gasteiger partial charge in [-0.05, 0) is 12.8 Å². The molecule has 7 atom stereocenters. The first-order valence-electron chi connectivity index (χ1n) is 10.9. The van der Waals surface area contributed by atoms with Crippen LogP contribution in [0.25, 0.3) is 0 Å². The summed E-state index contributed by atoms with van der Waals surface area (Å²) < 4.78 is 11.0. The minimum Gasteiger partial charge on any atom is -0.478 e. The normalized spacial score (nSPS) is 29.8. The monoisotopic (exact) mass is 434 g/mol. The molecule has 0 amide bonds. The third-order valence-electron chi connectivity index (χ3n) is 5.77. The van der Waals surface area contributed by atoms with Crippen LogP contribution in [-0.4, -0.2) is 80.2 Å². The van der Waals surface area contributed by atoms with Gasteiger partial charge in [0.1, 0.15) is 30.5 Å². The molecule has 1 heterocycles. The van der Waals surface area contributed by atoms with Gasteiger partial charge < -0.3 is 35.0 Å². The summed E-state index contributed by atoms with van der Waals surface area (Å²) in [5, 5.41) is 50.3. The lowest BCUT2D eigenvalue weighted by Gasteiger charge is -2.46. The molecule has 30 heavy (non-hydrogen) atoms. The summed E-state index contributed by atoms with van der Waals surface area (Å²) in [4.78, 5) is 25.1. The maximum absolute atomic E-state index is 12.7. The van der Waals surface area contributed by atoms with Crippen LogP contribution in [0.15, 0.2) is 0 Å². The van der Waals surface area contributed by atoms with Gasteiger partial charge in [0.2, 0.25) is 5.60 Å². The van der Waals surface area contributed by atoms with Gasteiger partial charge in [-0.3, -0.25) is 4.79 Å². The molecular weight excluding hydrogens is 396 g/mol. The Morgan fingerprint density at radius 2 is 1.63 bits per heavy atom. The SMILES string of the molecule is CCCCCCCC(OC(=O)C(C)CCC)(C(=O)O)C1O[C@H](CO)[C@@H](O)[C@H](O)[C@H]1O. The molecule has 0 aromatic rings. The summed E-state index contributed by atoms with van der Waals surface area (Å²) in [6.07, 6.45) is -3.11. The molecule has 176 valence electrons. The molecule has 1 rings (SSSR count). The van der Waals surface area contributed by atoms with Crippen molar-refractivity contribution in [1.29, 1.82) is 0 Å². The summed E-state index contributed by atoms with van der Waals surface area (Å²) in [5.41, 5.74) is -2.25. The van der Waals surface area contributed by atoms with Gasteiger partial charge in [-0.25, -0.2) is 4.79 Å². The fraction of sp³-hybridized carbons (Fsp3) is 0.905. The van der Waals surface area contributed by atoms with Crippen LogP contribution in [0.1, 0.15) is 72.1 Å². The smallest absolute Gasteiger partial charge is 0.351 e. The molecule has 0 bridgehead atoms. The molecule has 1 aliphatic heterocycles. The van der Waals surface area contributed by atoms with Gasteiger partial charge >= 0.3 is 11.9 Å². The predicted octanol–water partition coefficient (Wildman–Crippen LogP) is 0.992. The number of carbonyl (C=O) groups excluding carboxylic acids is 1. The number of aliphatic hydroxyl groups excluding tert-OH is 4. The second-order valence-corrected chi connectivity index (χ2v) is 8.22. The first-order chi connectivity index (χ1) is 14.2. The van der Waals surface area contributed by atoms with Crippen LogP contribution >= 0.6 is 0 Å². The van der Waals surface area contributed by atoms with Crippen molar-refractivity contribution >= 4 is 11.9 Å². The molecule has 1 aliphatic rings. The molecular formula is C21H38O9. The van der Waals surface area contributed by atoms with Crippen molar-refractivity contribution in [3.05, 3.63) is 0 Å². The minimum atomic E-state index is -2.25. The van der Waals surface area contributed by atoms with Crippen molar-refractivity contribution < 1.29 is 44.6 Å². The standard InChI is InChI=1S/C21H38O9/c1-4-6-7-8-9-11-21(20(27)28,30-19(26)13(3)10-5-2)18-17(25)16(24)15(23)14(12-22)29-18/h13-18,22-25H,4-12H2,1-3H3,(H,27,28)/t13?,14-,15-,16+,17-,18?,21?/m1/s1. The fourth-order valence-corrected chi connectivity index (χ4v) is 3.83. The second kappa shape index (κ2) is 12.6. The molecule has 0 aromatic carbocycles. The average molecular weight is 435 g/mol. The van der Waals surface area contributed by atoms with Gasteiger partial charge in [-0.2, -0.15) is 0 Å². The first-order valence-corrected chi connectivity index (χ1v) is 10.9. The number of aliphatic hydroxyl groups is 4. The average Bonchev–Trinajstić information content (AvgIpc) is 2.71. The lowest BCUT2D eigenvalue weighted by Crippen LogP contribution is -2.68. The minimum absolute atomic E-state index is 0.126. The van der Waals surface area contributed by atoms with Crippen LogP contribution in [0.4, 0.5) is 0 Å². The summed E-state index contributed by atoms with van der Waals surface area (Å²) in [6, 6.07) is 0. The van der Waals surface area contributed by atoms with Crippen molar-refractivity contribution in [2.45, 2.75) is 108 Å². The number of hydrogen-bond acceptors (Lipinski definition) is 8. The van der Waals surface area contributed by atoms with Crippen LogP contribution in [0.3, 0.4) is 0 Å². The van der Waals surface area contributed by atoms with Crippen LogP contribution < -0.4 is 0 Å². The zero-order valence-electron chi connectivity index (χ0n) is 18.2. The maximum Gasteiger partial charge on any atom is 0.351 e. The van der Waals surface area contributed by atoms with E-state index in [1.54, 1.807) is 6.92 Å². The van der Waals surface area contributed by atoms with E-state index in [1.807, 2.05) is 13.8 Å². The highest BCUT2D eigenvalue weighted by atomic mass is 16.6. The van der Waals surface area contributed by atoms with E-state index in [4.69, 9.17) is 9.47 Å². The van der Waals surface area contributed by atoms with Gasteiger partial charge in [-0.15, -0.1) is 0 Å². The molecule has 0 aromatic heterocycles. The Kier molecular flexibility index (Phi) is 11.2. The van der Waals surface area contributed by atoms with E-state index in [0.29, 0.717) is 25.7 Å². The molecule has 1 saturated heterocycles. The topological polar surface area (TPSA) is 154 Å². The number of esters is 1. The summed E-state index contributed by atoms with van der Waals surface area (Å²) >= 11 is 0. The Hall–Kier alpha value is -1.26. The van der Waals surface area contributed by atoms with E-state index in [9.17, 15) is 35.1 Å². The highest BCUT2D eigenvalue weighted by molar-refractivity contribution is 5.83. The maximum atomic E-state index is 12.7. The van der Waals surface area contributed by atoms with Gasteiger partial charge in [0.25, 0.3) is 0 Å². The Morgan fingerprint density at radius 1 is 1.00 bits per heavy atom. The number of ether oxygens (including phenoxy) is 2. The van der Waals surface area contributed by atoms with Crippen LogP contribution in [-0.2, 0) is 19.1 Å². The van der Waals surface area contributed by atoms with Crippen LogP contribution in [0.5, 0.6) is 0 Å². The van der Waals surface area contributed by atoms with E-state index in [0.717, 1.165) is 19.3 Å². The molecule has 0 aliphatic carbocycles. The van der Waals surface area contributed by atoms with E-state index >= 15 is 0 Å². The Balaban J connectivity index is 3.23. The number of rotatable bonds is 13. The number of hydrogen-bond donors (Lipinski definition) is 5.